The summed E-state index contributed by atoms with van der Waals surface area (Å²) in [5.41, 5.74) is 5.05. The van der Waals surface area contributed by atoms with Gasteiger partial charge in [0.25, 0.3) is 5.91 Å². The molecule has 2 aromatic rings. The van der Waals surface area contributed by atoms with E-state index in [9.17, 15) is 4.79 Å². The number of benzene rings is 2. The van der Waals surface area contributed by atoms with Gasteiger partial charge in [-0.1, -0.05) is 39.7 Å². The van der Waals surface area contributed by atoms with Crippen molar-refractivity contribution >= 4 is 44.8 Å². The first-order valence-electron chi connectivity index (χ1n) is 6.63. The highest BCUT2D eigenvalue weighted by Gasteiger charge is 2.02. The van der Waals surface area contributed by atoms with E-state index in [-0.39, 0.29) is 12.5 Å². The van der Waals surface area contributed by atoms with Crippen molar-refractivity contribution in [2.24, 2.45) is 5.10 Å². The lowest BCUT2D eigenvalue weighted by Gasteiger charge is -2.06. The lowest BCUT2D eigenvalue weighted by molar-refractivity contribution is -0.119. The van der Waals surface area contributed by atoms with E-state index >= 15 is 0 Å². The standard InChI is InChI=1S/C16H15BrClN3O/c1-11(12-2-4-13(17)5-3-12)20-21-16(22)10-19-15-8-6-14(18)7-9-15/h2-9,19H,10H2,1H3,(H,21,22)/b20-11+. The summed E-state index contributed by atoms with van der Waals surface area (Å²) in [6.07, 6.45) is 0. The molecule has 2 rings (SSSR count). The van der Waals surface area contributed by atoms with E-state index in [1.54, 1.807) is 12.1 Å². The molecule has 0 radical (unpaired) electrons. The highest BCUT2D eigenvalue weighted by Crippen LogP contribution is 2.13. The van der Waals surface area contributed by atoms with Crippen molar-refractivity contribution in [1.82, 2.24) is 5.43 Å². The predicted molar refractivity (Wildman–Crippen MR) is 94.4 cm³/mol. The van der Waals surface area contributed by atoms with Gasteiger partial charge in [-0.05, 0) is 48.9 Å². The third-order valence-corrected chi connectivity index (χ3v) is 3.69. The number of rotatable bonds is 5. The number of hydrogen-bond donors (Lipinski definition) is 2. The quantitative estimate of drug-likeness (QED) is 0.607. The Morgan fingerprint density at radius 1 is 1.14 bits per heavy atom. The minimum atomic E-state index is -0.216. The molecule has 0 heterocycles. The van der Waals surface area contributed by atoms with Crippen molar-refractivity contribution in [2.45, 2.75) is 6.92 Å². The Kier molecular flexibility index (Phi) is 5.98. The molecule has 2 aromatic carbocycles. The van der Waals surface area contributed by atoms with Crippen molar-refractivity contribution in [3.63, 3.8) is 0 Å². The highest BCUT2D eigenvalue weighted by molar-refractivity contribution is 9.10. The number of nitrogens with one attached hydrogen (secondary N) is 2. The van der Waals surface area contributed by atoms with Crippen LogP contribution in [0, 0.1) is 0 Å². The van der Waals surface area contributed by atoms with Crippen LogP contribution in [0.4, 0.5) is 5.69 Å². The molecule has 0 bridgehead atoms. The second-order valence-corrected chi connectivity index (χ2v) is 5.95. The Morgan fingerprint density at radius 2 is 1.77 bits per heavy atom. The zero-order chi connectivity index (χ0) is 15.9. The minimum absolute atomic E-state index is 0.138. The molecule has 1 amide bonds. The summed E-state index contributed by atoms with van der Waals surface area (Å²) in [4.78, 5) is 11.8. The molecule has 0 aliphatic rings. The Hall–Kier alpha value is -1.85. The van der Waals surface area contributed by atoms with Gasteiger partial charge in [-0.3, -0.25) is 4.79 Å². The number of amides is 1. The Balaban J connectivity index is 1.85. The maximum atomic E-state index is 11.8. The molecule has 114 valence electrons. The van der Waals surface area contributed by atoms with Gasteiger partial charge in [0.1, 0.15) is 0 Å². The van der Waals surface area contributed by atoms with Crippen LogP contribution in [0.3, 0.4) is 0 Å². The van der Waals surface area contributed by atoms with E-state index in [0.717, 1.165) is 21.4 Å². The molecule has 6 heteroatoms. The van der Waals surface area contributed by atoms with Crippen molar-refractivity contribution < 1.29 is 4.79 Å². The second-order valence-electron chi connectivity index (χ2n) is 4.60. The van der Waals surface area contributed by atoms with Gasteiger partial charge < -0.3 is 5.32 Å². The molecule has 2 N–H and O–H groups in total. The first kappa shape index (κ1) is 16.5. The van der Waals surface area contributed by atoms with Crippen molar-refractivity contribution in [3.8, 4) is 0 Å². The van der Waals surface area contributed by atoms with Crippen LogP contribution in [-0.2, 0) is 4.79 Å². The van der Waals surface area contributed by atoms with Crippen LogP contribution in [0.1, 0.15) is 12.5 Å². The first-order valence-corrected chi connectivity index (χ1v) is 7.80. The molecule has 0 saturated carbocycles. The van der Waals surface area contributed by atoms with Crippen LogP contribution in [0.25, 0.3) is 0 Å². The summed E-state index contributed by atoms with van der Waals surface area (Å²) in [6.45, 7) is 1.98. The fraction of sp³-hybridized carbons (Fsp3) is 0.125. The van der Waals surface area contributed by atoms with E-state index in [1.165, 1.54) is 0 Å². The smallest absolute Gasteiger partial charge is 0.259 e. The second kappa shape index (κ2) is 7.96. The van der Waals surface area contributed by atoms with Crippen molar-refractivity contribution in [1.29, 1.82) is 0 Å². The summed E-state index contributed by atoms with van der Waals surface area (Å²) in [5, 5.41) is 7.74. The van der Waals surface area contributed by atoms with Gasteiger partial charge in [0.15, 0.2) is 0 Å². The maximum absolute atomic E-state index is 11.8. The zero-order valence-electron chi connectivity index (χ0n) is 11.9. The minimum Gasteiger partial charge on any atom is -0.376 e. The fourth-order valence-electron chi connectivity index (χ4n) is 1.69. The topological polar surface area (TPSA) is 53.5 Å². The van der Waals surface area contributed by atoms with Crippen molar-refractivity contribution in [2.75, 3.05) is 11.9 Å². The molecule has 4 nitrogen and oxygen atoms in total. The predicted octanol–water partition coefficient (Wildman–Crippen LogP) is 4.05. The first-order chi connectivity index (χ1) is 10.5. The van der Waals surface area contributed by atoms with Crippen LogP contribution in [0.15, 0.2) is 58.1 Å². The fourth-order valence-corrected chi connectivity index (χ4v) is 2.08. The van der Waals surface area contributed by atoms with Gasteiger partial charge in [0.2, 0.25) is 0 Å². The van der Waals surface area contributed by atoms with Gasteiger partial charge in [-0.15, -0.1) is 0 Å². The van der Waals surface area contributed by atoms with Gasteiger partial charge >= 0.3 is 0 Å². The van der Waals surface area contributed by atoms with Crippen LogP contribution in [0.5, 0.6) is 0 Å². The monoisotopic (exact) mass is 379 g/mol. The van der Waals surface area contributed by atoms with E-state index in [4.69, 9.17) is 11.6 Å². The molecule has 0 fully saturated rings. The average molecular weight is 381 g/mol. The third-order valence-electron chi connectivity index (χ3n) is 2.91. The van der Waals surface area contributed by atoms with Crippen molar-refractivity contribution in [3.05, 3.63) is 63.6 Å². The molecule has 0 aliphatic carbocycles. The number of hydrazone groups is 1. The molecular weight excluding hydrogens is 366 g/mol. The van der Waals surface area contributed by atoms with Crippen LogP contribution in [0.2, 0.25) is 5.02 Å². The molecule has 0 atom stereocenters. The SMILES string of the molecule is C/C(=N\NC(=O)CNc1ccc(Cl)cc1)c1ccc(Br)cc1. The van der Waals surface area contributed by atoms with E-state index in [0.29, 0.717) is 5.02 Å². The highest BCUT2D eigenvalue weighted by atomic mass is 79.9. The van der Waals surface area contributed by atoms with Crippen LogP contribution >= 0.6 is 27.5 Å². The molecular formula is C16H15BrClN3O. The maximum Gasteiger partial charge on any atom is 0.259 e. The number of carbonyl (C=O) groups is 1. The molecule has 0 aromatic heterocycles. The zero-order valence-corrected chi connectivity index (χ0v) is 14.3. The van der Waals surface area contributed by atoms with E-state index in [1.807, 2.05) is 43.3 Å². The summed E-state index contributed by atoms with van der Waals surface area (Å²) in [5.74, 6) is -0.216. The summed E-state index contributed by atoms with van der Waals surface area (Å²) in [6, 6.07) is 14.9. The molecule has 0 spiro atoms. The van der Waals surface area contributed by atoms with Crippen LogP contribution in [-0.4, -0.2) is 18.2 Å². The van der Waals surface area contributed by atoms with Gasteiger partial charge in [0, 0.05) is 15.2 Å². The number of halogens is 2. The lowest BCUT2D eigenvalue weighted by atomic mass is 10.1. The molecule has 0 saturated heterocycles. The number of hydrogen-bond acceptors (Lipinski definition) is 3. The summed E-state index contributed by atoms with van der Waals surface area (Å²) < 4.78 is 1.00. The van der Waals surface area contributed by atoms with Gasteiger partial charge in [-0.2, -0.15) is 5.10 Å². The number of anilines is 1. The number of nitrogens with zero attached hydrogens (tertiary/aromatic N) is 1. The molecule has 0 unspecified atom stereocenters. The van der Waals surface area contributed by atoms with Gasteiger partial charge in [0.05, 0.1) is 12.3 Å². The number of carbonyl (C=O) groups excluding carboxylic acids is 1. The van der Waals surface area contributed by atoms with Crippen LogP contribution < -0.4 is 10.7 Å². The van der Waals surface area contributed by atoms with E-state index < -0.39 is 0 Å². The lowest BCUT2D eigenvalue weighted by Crippen LogP contribution is -2.26. The van der Waals surface area contributed by atoms with Gasteiger partial charge in [-0.25, -0.2) is 5.43 Å². The Labute approximate surface area is 142 Å². The Bertz CT molecular complexity index is 669. The largest absolute Gasteiger partial charge is 0.376 e. The summed E-state index contributed by atoms with van der Waals surface area (Å²) >= 11 is 9.18. The Morgan fingerprint density at radius 3 is 2.41 bits per heavy atom. The van der Waals surface area contributed by atoms with E-state index in [2.05, 4.69) is 31.8 Å². The summed E-state index contributed by atoms with van der Waals surface area (Å²) in [7, 11) is 0. The third kappa shape index (κ3) is 5.16. The molecule has 22 heavy (non-hydrogen) atoms. The average Bonchev–Trinajstić information content (AvgIpc) is 2.52. The normalized spacial score (nSPS) is 11.1. The molecule has 0 aliphatic heterocycles.